The van der Waals surface area contributed by atoms with Crippen molar-refractivity contribution in [2.75, 3.05) is 6.54 Å². The average Bonchev–Trinajstić information content (AvgIpc) is 2.08. The van der Waals surface area contributed by atoms with Gasteiger partial charge < -0.3 is 10.4 Å². The van der Waals surface area contributed by atoms with Crippen molar-refractivity contribution in [3.63, 3.8) is 0 Å². The average molecular weight is 201 g/mol. The molecule has 0 saturated carbocycles. The minimum atomic E-state index is -0.928. The molecule has 0 unspecified atom stereocenters. The number of aliphatic carboxylic acids is 1. The molecule has 1 amide bonds. The molecule has 2 N–H and O–H groups in total. The zero-order valence-electron chi connectivity index (χ0n) is 8.88. The van der Waals surface area contributed by atoms with E-state index in [1.807, 2.05) is 0 Å². The van der Waals surface area contributed by atoms with Crippen LogP contribution in [0, 0.1) is 5.92 Å². The summed E-state index contributed by atoms with van der Waals surface area (Å²) in [5.41, 5.74) is 0. The van der Waals surface area contributed by atoms with E-state index in [1.165, 1.54) is 0 Å². The second-order valence-corrected chi connectivity index (χ2v) is 3.78. The number of hydrogen-bond donors (Lipinski definition) is 2. The molecule has 0 fully saturated rings. The number of hydrogen-bond acceptors (Lipinski definition) is 2. The highest BCUT2D eigenvalue weighted by atomic mass is 16.4. The summed E-state index contributed by atoms with van der Waals surface area (Å²) in [5.74, 6) is -0.454. The first-order chi connectivity index (χ1) is 6.52. The smallest absolute Gasteiger partial charge is 0.303 e. The van der Waals surface area contributed by atoms with Crippen LogP contribution in [0.25, 0.3) is 0 Å². The van der Waals surface area contributed by atoms with Gasteiger partial charge in [0.05, 0.1) is 6.42 Å². The molecule has 0 aliphatic rings. The second kappa shape index (κ2) is 7.35. The van der Waals surface area contributed by atoms with Gasteiger partial charge in [0.2, 0.25) is 5.91 Å². The third-order valence-corrected chi connectivity index (χ3v) is 1.85. The number of amides is 1. The van der Waals surface area contributed by atoms with Crippen LogP contribution in [0.4, 0.5) is 0 Å². The van der Waals surface area contributed by atoms with Crippen molar-refractivity contribution >= 4 is 11.9 Å². The lowest BCUT2D eigenvalue weighted by Crippen LogP contribution is -2.25. The summed E-state index contributed by atoms with van der Waals surface area (Å²) in [6, 6.07) is 0. The zero-order chi connectivity index (χ0) is 11.0. The topological polar surface area (TPSA) is 66.4 Å². The van der Waals surface area contributed by atoms with Crippen LogP contribution in [-0.4, -0.2) is 23.5 Å². The Morgan fingerprint density at radius 3 is 2.43 bits per heavy atom. The lowest BCUT2D eigenvalue weighted by molar-refractivity contribution is -0.138. The van der Waals surface area contributed by atoms with E-state index in [1.54, 1.807) is 0 Å². The summed E-state index contributed by atoms with van der Waals surface area (Å²) < 4.78 is 0. The van der Waals surface area contributed by atoms with Crippen molar-refractivity contribution in [1.29, 1.82) is 0 Å². The molecule has 0 aliphatic heterocycles. The van der Waals surface area contributed by atoms with Crippen LogP contribution >= 0.6 is 0 Å². The molecule has 0 aromatic heterocycles. The first-order valence-corrected chi connectivity index (χ1v) is 5.01. The summed E-state index contributed by atoms with van der Waals surface area (Å²) in [4.78, 5) is 21.2. The van der Waals surface area contributed by atoms with Gasteiger partial charge >= 0.3 is 5.97 Å². The van der Waals surface area contributed by atoms with Crippen molar-refractivity contribution in [1.82, 2.24) is 5.32 Å². The molecule has 0 saturated heterocycles. The molecule has 0 spiro atoms. The fourth-order valence-corrected chi connectivity index (χ4v) is 1.05. The van der Waals surface area contributed by atoms with Crippen molar-refractivity contribution in [3.05, 3.63) is 0 Å². The zero-order valence-corrected chi connectivity index (χ0v) is 8.88. The van der Waals surface area contributed by atoms with E-state index in [0.29, 0.717) is 12.5 Å². The summed E-state index contributed by atoms with van der Waals surface area (Å²) >= 11 is 0. The molecule has 0 aliphatic carbocycles. The molecular formula is C10H19NO3. The first kappa shape index (κ1) is 12.9. The van der Waals surface area contributed by atoms with Gasteiger partial charge in [-0.05, 0) is 18.8 Å². The molecule has 4 heteroatoms. The maximum absolute atomic E-state index is 11.0. The van der Waals surface area contributed by atoms with Gasteiger partial charge in [-0.1, -0.05) is 13.8 Å². The van der Waals surface area contributed by atoms with Crippen LogP contribution < -0.4 is 5.32 Å². The van der Waals surface area contributed by atoms with Gasteiger partial charge in [0.25, 0.3) is 0 Å². The third-order valence-electron chi connectivity index (χ3n) is 1.85. The standard InChI is InChI=1S/C10H19NO3/c1-8(2)4-3-7-11-9(12)5-6-10(13)14/h8H,3-7H2,1-2H3,(H,11,12)(H,13,14). The van der Waals surface area contributed by atoms with Crippen LogP contribution in [0.5, 0.6) is 0 Å². The molecule has 0 aromatic carbocycles. The van der Waals surface area contributed by atoms with Gasteiger partial charge in [0.1, 0.15) is 0 Å². The Hall–Kier alpha value is -1.06. The molecule has 0 rings (SSSR count). The highest BCUT2D eigenvalue weighted by molar-refractivity contribution is 5.80. The van der Waals surface area contributed by atoms with E-state index in [0.717, 1.165) is 12.8 Å². The predicted octanol–water partition coefficient (Wildman–Crippen LogP) is 1.40. The Bertz CT molecular complexity index is 190. The van der Waals surface area contributed by atoms with Crippen LogP contribution in [0.15, 0.2) is 0 Å². The summed E-state index contributed by atoms with van der Waals surface area (Å²) in [5, 5.41) is 11.0. The van der Waals surface area contributed by atoms with Crippen molar-refractivity contribution in [3.8, 4) is 0 Å². The van der Waals surface area contributed by atoms with Crippen LogP contribution in [-0.2, 0) is 9.59 Å². The number of carbonyl (C=O) groups is 2. The Morgan fingerprint density at radius 2 is 1.93 bits per heavy atom. The third kappa shape index (κ3) is 9.03. The molecule has 0 heterocycles. The van der Waals surface area contributed by atoms with Crippen LogP contribution in [0.2, 0.25) is 0 Å². The molecule has 0 radical (unpaired) electrons. The van der Waals surface area contributed by atoms with E-state index >= 15 is 0 Å². The molecular weight excluding hydrogens is 182 g/mol. The molecule has 82 valence electrons. The number of carboxylic acids is 1. The highest BCUT2D eigenvalue weighted by Gasteiger charge is 2.04. The SMILES string of the molecule is CC(C)CCCNC(=O)CCC(=O)O. The monoisotopic (exact) mass is 201 g/mol. The number of rotatable bonds is 7. The number of nitrogens with one attached hydrogen (secondary N) is 1. The lowest BCUT2D eigenvalue weighted by atomic mass is 10.1. The summed E-state index contributed by atoms with van der Waals surface area (Å²) in [6.07, 6.45) is 2.03. The molecule has 0 atom stereocenters. The Labute approximate surface area is 84.7 Å². The molecule has 14 heavy (non-hydrogen) atoms. The van der Waals surface area contributed by atoms with E-state index in [2.05, 4.69) is 19.2 Å². The summed E-state index contributed by atoms with van der Waals surface area (Å²) in [7, 11) is 0. The van der Waals surface area contributed by atoms with Crippen molar-refractivity contribution in [2.45, 2.75) is 39.5 Å². The van der Waals surface area contributed by atoms with Gasteiger partial charge in [-0.25, -0.2) is 0 Å². The largest absolute Gasteiger partial charge is 0.481 e. The van der Waals surface area contributed by atoms with Crippen molar-refractivity contribution < 1.29 is 14.7 Å². The maximum Gasteiger partial charge on any atom is 0.303 e. The molecule has 0 bridgehead atoms. The van der Waals surface area contributed by atoms with E-state index < -0.39 is 5.97 Å². The maximum atomic E-state index is 11.0. The van der Waals surface area contributed by atoms with Gasteiger partial charge in [0, 0.05) is 13.0 Å². The fourth-order valence-electron chi connectivity index (χ4n) is 1.05. The fraction of sp³-hybridized carbons (Fsp3) is 0.800. The normalized spacial score (nSPS) is 10.2. The lowest BCUT2D eigenvalue weighted by Gasteiger charge is -2.05. The number of carbonyl (C=O) groups excluding carboxylic acids is 1. The highest BCUT2D eigenvalue weighted by Crippen LogP contribution is 2.01. The second-order valence-electron chi connectivity index (χ2n) is 3.78. The predicted molar refractivity (Wildman–Crippen MR) is 54.0 cm³/mol. The van der Waals surface area contributed by atoms with E-state index in [-0.39, 0.29) is 18.7 Å². The minimum Gasteiger partial charge on any atom is -0.481 e. The van der Waals surface area contributed by atoms with Crippen LogP contribution in [0.3, 0.4) is 0 Å². The molecule has 4 nitrogen and oxygen atoms in total. The summed E-state index contributed by atoms with van der Waals surface area (Å²) in [6.45, 7) is 4.91. The van der Waals surface area contributed by atoms with Crippen LogP contribution in [0.1, 0.15) is 39.5 Å². The van der Waals surface area contributed by atoms with Gasteiger partial charge in [-0.3, -0.25) is 9.59 Å². The van der Waals surface area contributed by atoms with E-state index in [9.17, 15) is 9.59 Å². The Balaban J connectivity index is 3.31. The Morgan fingerprint density at radius 1 is 1.29 bits per heavy atom. The first-order valence-electron chi connectivity index (χ1n) is 5.01. The molecule has 0 aromatic rings. The van der Waals surface area contributed by atoms with Gasteiger partial charge in [-0.15, -0.1) is 0 Å². The minimum absolute atomic E-state index is 0.0804. The van der Waals surface area contributed by atoms with Crippen molar-refractivity contribution in [2.24, 2.45) is 5.92 Å². The quantitative estimate of drug-likeness (QED) is 0.612. The van der Waals surface area contributed by atoms with Gasteiger partial charge in [0.15, 0.2) is 0 Å². The Kier molecular flexibility index (Phi) is 6.80. The van der Waals surface area contributed by atoms with E-state index in [4.69, 9.17) is 5.11 Å². The number of carboxylic acid groups (broad SMARTS) is 1. The van der Waals surface area contributed by atoms with Gasteiger partial charge in [-0.2, -0.15) is 0 Å².